The summed E-state index contributed by atoms with van der Waals surface area (Å²) >= 11 is 7.94. The van der Waals surface area contributed by atoms with Gasteiger partial charge in [-0.25, -0.2) is 4.98 Å². The number of thiophene rings is 1. The van der Waals surface area contributed by atoms with Crippen LogP contribution in [-0.4, -0.2) is 23.1 Å². The second-order valence-electron chi connectivity index (χ2n) is 5.29. The van der Waals surface area contributed by atoms with E-state index >= 15 is 0 Å². The second-order valence-corrected chi connectivity index (χ2v) is 6.71. The lowest BCUT2D eigenvalue weighted by Gasteiger charge is -2.23. The van der Waals surface area contributed by atoms with E-state index < -0.39 is 0 Å². The topological polar surface area (TPSA) is 29.0 Å². The minimum absolute atomic E-state index is 0.377. The first-order valence-corrected chi connectivity index (χ1v) is 8.66. The van der Waals surface area contributed by atoms with Crippen molar-refractivity contribution in [3.63, 3.8) is 0 Å². The van der Waals surface area contributed by atoms with Crippen LogP contribution in [0.4, 0.5) is 5.82 Å². The summed E-state index contributed by atoms with van der Waals surface area (Å²) in [6.45, 7) is 6.41. The van der Waals surface area contributed by atoms with Crippen LogP contribution >= 0.6 is 22.9 Å². The molecule has 0 radical (unpaired) electrons. The molecule has 1 aliphatic rings. The molecule has 2 aromatic heterocycles. The highest BCUT2D eigenvalue weighted by molar-refractivity contribution is 7.19. The van der Waals surface area contributed by atoms with Gasteiger partial charge in [-0.3, -0.25) is 0 Å². The molecule has 0 aliphatic heterocycles. The van der Waals surface area contributed by atoms with Crippen LogP contribution in [-0.2, 0) is 12.8 Å². The number of rotatable bonds is 5. The summed E-state index contributed by atoms with van der Waals surface area (Å²) in [5, 5.41) is 1.65. The predicted molar refractivity (Wildman–Crippen MR) is 87.2 cm³/mol. The van der Waals surface area contributed by atoms with Gasteiger partial charge >= 0.3 is 0 Å². The Hall–Kier alpha value is -0.870. The number of nitrogens with zero attached hydrogens (tertiary/aromatic N) is 3. The summed E-state index contributed by atoms with van der Waals surface area (Å²) in [7, 11) is 0. The zero-order chi connectivity index (χ0) is 14.1. The summed E-state index contributed by atoms with van der Waals surface area (Å²) in [5.41, 5.74) is 1.48. The number of halogens is 1. The van der Waals surface area contributed by atoms with Crippen LogP contribution in [0, 0.1) is 0 Å². The standard InChI is InChI=1S/C15H20ClN3S/c1-3-5-9-19(4-2)13-12-10-7-6-8-11(10)20-14(12)18-15(16)17-13/h3-9H2,1-2H3. The van der Waals surface area contributed by atoms with E-state index in [4.69, 9.17) is 11.6 Å². The zero-order valence-electron chi connectivity index (χ0n) is 12.1. The van der Waals surface area contributed by atoms with Gasteiger partial charge in [0.05, 0.1) is 5.39 Å². The maximum Gasteiger partial charge on any atom is 0.225 e. The fourth-order valence-electron chi connectivity index (χ4n) is 2.94. The number of hydrogen-bond acceptors (Lipinski definition) is 4. The minimum atomic E-state index is 0.377. The van der Waals surface area contributed by atoms with E-state index in [9.17, 15) is 0 Å². The highest BCUT2D eigenvalue weighted by Gasteiger charge is 2.23. The molecule has 1 aliphatic carbocycles. The van der Waals surface area contributed by atoms with Crippen molar-refractivity contribution < 1.29 is 0 Å². The summed E-state index contributed by atoms with van der Waals surface area (Å²) in [6, 6.07) is 0. The molecule has 0 saturated heterocycles. The first kappa shape index (κ1) is 14.1. The van der Waals surface area contributed by atoms with E-state index in [2.05, 4.69) is 28.7 Å². The Bertz CT molecular complexity index is 623. The van der Waals surface area contributed by atoms with Crippen molar-refractivity contribution in [3.8, 4) is 0 Å². The highest BCUT2D eigenvalue weighted by atomic mass is 35.5. The van der Waals surface area contributed by atoms with Crippen molar-refractivity contribution in [1.29, 1.82) is 0 Å². The molecule has 0 amide bonds. The SMILES string of the molecule is CCCCN(CC)c1nc(Cl)nc2sc3c(c12)CCC3. The molecule has 0 saturated carbocycles. The second kappa shape index (κ2) is 5.86. The summed E-state index contributed by atoms with van der Waals surface area (Å²) < 4.78 is 0. The Morgan fingerprint density at radius 3 is 2.85 bits per heavy atom. The molecule has 0 bridgehead atoms. The van der Waals surface area contributed by atoms with Crippen LogP contribution < -0.4 is 4.90 Å². The average molecular weight is 310 g/mol. The van der Waals surface area contributed by atoms with Gasteiger partial charge in [0.1, 0.15) is 10.6 Å². The van der Waals surface area contributed by atoms with Crippen LogP contribution in [0.25, 0.3) is 10.2 Å². The van der Waals surface area contributed by atoms with E-state index in [1.54, 1.807) is 11.3 Å². The summed E-state index contributed by atoms with van der Waals surface area (Å²) in [6.07, 6.45) is 6.00. The van der Waals surface area contributed by atoms with Gasteiger partial charge in [-0.2, -0.15) is 4.98 Å². The minimum Gasteiger partial charge on any atom is -0.356 e. The zero-order valence-corrected chi connectivity index (χ0v) is 13.7. The molecule has 108 valence electrons. The third kappa shape index (κ3) is 2.40. The number of anilines is 1. The molecule has 0 N–H and O–H groups in total. The largest absolute Gasteiger partial charge is 0.356 e. The first-order valence-electron chi connectivity index (χ1n) is 7.47. The van der Waals surface area contributed by atoms with Crippen molar-refractivity contribution in [2.45, 2.75) is 46.0 Å². The summed E-state index contributed by atoms with van der Waals surface area (Å²) in [4.78, 5) is 13.9. The monoisotopic (exact) mass is 309 g/mol. The molecule has 2 heterocycles. The van der Waals surface area contributed by atoms with Crippen molar-refractivity contribution >= 4 is 39.0 Å². The van der Waals surface area contributed by atoms with E-state index in [-0.39, 0.29) is 0 Å². The molecule has 3 rings (SSSR count). The molecule has 2 aromatic rings. The van der Waals surface area contributed by atoms with Gasteiger partial charge in [-0.15, -0.1) is 11.3 Å². The third-order valence-electron chi connectivity index (χ3n) is 3.98. The van der Waals surface area contributed by atoms with Gasteiger partial charge in [0, 0.05) is 18.0 Å². The van der Waals surface area contributed by atoms with Gasteiger partial charge in [-0.1, -0.05) is 13.3 Å². The van der Waals surface area contributed by atoms with Crippen LogP contribution in [0.3, 0.4) is 0 Å². The lowest BCUT2D eigenvalue weighted by molar-refractivity contribution is 0.725. The number of unbranched alkanes of at least 4 members (excludes halogenated alkanes) is 1. The summed E-state index contributed by atoms with van der Waals surface area (Å²) in [5.74, 6) is 1.05. The quantitative estimate of drug-likeness (QED) is 0.764. The first-order chi connectivity index (χ1) is 9.74. The maximum absolute atomic E-state index is 6.14. The molecule has 0 unspecified atom stereocenters. The van der Waals surface area contributed by atoms with Crippen molar-refractivity contribution in [1.82, 2.24) is 9.97 Å². The van der Waals surface area contributed by atoms with Crippen LogP contribution in [0.1, 0.15) is 43.6 Å². The third-order valence-corrected chi connectivity index (χ3v) is 5.34. The van der Waals surface area contributed by atoms with E-state index in [1.807, 2.05) is 0 Å². The fourth-order valence-corrected chi connectivity index (χ4v) is 4.41. The van der Waals surface area contributed by atoms with Crippen molar-refractivity contribution in [3.05, 3.63) is 15.7 Å². The predicted octanol–water partition coefficient (Wildman–Crippen LogP) is 4.46. The maximum atomic E-state index is 6.14. The van der Waals surface area contributed by atoms with Gasteiger partial charge < -0.3 is 4.90 Å². The van der Waals surface area contributed by atoms with Crippen LogP contribution in [0.15, 0.2) is 0 Å². The molecular weight excluding hydrogens is 290 g/mol. The molecular formula is C15H20ClN3S. The molecule has 3 nitrogen and oxygen atoms in total. The van der Waals surface area contributed by atoms with Crippen LogP contribution in [0.2, 0.25) is 5.28 Å². The van der Waals surface area contributed by atoms with Crippen molar-refractivity contribution in [2.75, 3.05) is 18.0 Å². The van der Waals surface area contributed by atoms with E-state index in [0.29, 0.717) is 5.28 Å². The number of fused-ring (bicyclic) bond motifs is 3. The van der Waals surface area contributed by atoms with Gasteiger partial charge in [0.15, 0.2) is 0 Å². The number of aromatic nitrogens is 2. The molecule has 0 fully saturated rings. The van der Waals surface area contributed by atoms with E-state index in [0.717, 1.165) is 23.7 Å². The molecule has 0 spiro atoms. The number of hydrogen-bond donors (Lipinski definition) is 0. The Morgan fingerprint density at radius 2 is 2.10 bits per heavy atom. The fraction of sp³-hybridized carbons (Fsp3) is 0.600. The normalized spacial score (nSPS) is 13.9. The molecule has 0 atom stereocenters. The van der Waals surface area contributed by atoms with Gasteiger partial charge in [0.25, 0.3) is 0 Å². The Labute approximate surface area is 129 Å². The van der Waals surface area contributed by atoms with Gasteiger partial charge in [0.2, 0.25) is 5.28 Å². The smallest absolute Gasteiger partial charge is 0.225 e. The Balaban J connectivity index is 2.12. The Morgan fingerprint density at radius 1 is 1.25 bits per heavy atom. The number of aryl methyl sites for hydroxylation is 2. The lowest BCUT2D eigenvalue weighted by atomic mass is 10.1. The Kier molecular flexibility index (Phi) is 4.13. The van der Waals surface area contributed by atoms with E-state index in [1.165, 1.54) is 47.9 Å². The highest BCUT2D eigenvalue weighted by Crippen LogP contribution is 2.41. The van der Waals surface area contributed by atoms with Gasteiger partial charge in [-0.05, 0) is 49.8 Å². The van der Waals surface area contributed by atoms with Crippen molar-refractivity contribution in [2.24, 2.45) is 0 Å². The molecule has 20 heavy (non-hydrogen) atoms. The molecule has 5 heteroatoms. The lowest BCUT2D eigenvalue weighted by Crippen LogP contribution is -2.25. The molecule has 0 aromatic carbocycles. The van der Waals surface area contributed by atoms with Crippen LogP contribution in [0.5, 0.6) is 0 Å². The average Bonchev–Trinajstić information content (AvgIpc) is 2.99.